The van der Waals surface area contributed by atoms with Gasteiger partial charge in [-0.3, -0.25) is 9.69 Å². The van der Waals surface area contributed by atoms with Crippen molar-refractivity contribution in [2.75, 3.05) is 50.5 Å². The number of amides is 1. The predicted octanol–water partition coefficient (Wildman–Crippen LogP) is 5.63. The molecular formula is C30H33ClF5N7O2. The third kappa shape index (κ3) is 6.35. The number of ether oxygens (including phenoxy) is 1. The number of alkyl halides is 3. The fraction of sp³-hybridized carbons (Fsp3) is 0.467. The van der Waals surface area contributed by atoms with Crippen LogP contribution in [0.4, 0.5) is 33.6 Å². The monoisotopic (exact) mass is 653 g/mol. The first-order valence-electron chi connectivity index (χ1n) is 14.3. The van der Waals surface area contributed by atoms with Crippen LogP contribution >= 0.6 is 11.6 Å². The number of nitrogens with zero attached hydrogens (tertiary/aromatic N) is 6. The highest BCUT2D eigenvalue weighted by atomic mass is 35.5. The van der Waals surface area contributed by atoms with Crippen molar-refractivity contribution in [3.63, 3.8) is 0 Å². The van der Waals surface area contributed by atoms with E-state index >= 15 is 4.39 Å². The van der Waals surface area contributed by atoms with Crippen LogP contribution in [-0.2, 0) is 11.0 Å². The number of carbonyl (C=O) groups excluding carboxylic acids is 1. The summed E-state index contributed by atoms with van der Waals surface area (Å²) in [6.07, 6.45) is -4.03. The van der Waals surface area contributed by atoms with Gasteiger partial charge in [0.25, 0.3) is 5.91 Å². The Balaban J connectivity index is 1.66. The molecule has 3 atom stereocenters. The first-order valence-corrected chi connectivity index (χ1v) is 14.7. The highest BCUT2D eigenvalue weighted by Crippen LogP contribution is 2.45. The molecule has 9 nitrogen and oxygen atoms in total. The maximum atomic E-state index is 16.6. The molecule has 2 aliphatic heterocycles. The predicted molar refractivity (Wildman–Crippen MR) is 161 cm³/mol. The van der Waals surface area contributed by atoms with Crippen LogP contribution in [0.2, 0.25) is 5.02 Å². The molecule has 15 heteroatoms. The highest BCUT2D eigenvalue weighted by Gasteiger charge is 2.39. The van der Waals surface area contributed by atoms with Crippen molar-refractivity contribution in [2.45, 2.75) is 45.5 Å². The van der Waals surface area contributed by atoms with Gasteiger partial charge < -0.3 is 20.3 Å². The van der Waals surface area contributed by atoms with Crippen molar-refractivity contribution in [1.82, 2.24) is 24.8 Å². The average Bonchev–Trinajstić information content (AvgIpc) is 3.26. The summed E-state index contributed by atoms with van der Waals surface area (Å²) in [4.78, 5) is 30.2. The molecule has 0 saturated carbocycles. The summed E-state index contributed by atoms with van der Waals surface area (Å²) in [5.74, 6) is -2.69. The minimum atomic E-state index is -4.89. The Morgan fingerprint density at radius 3 is 2.49 bits per heavy atom. The number of hydrogen-bond donors (Lipinski definition) is 1. The van der Waals surface area contributed by atoms with Gasteiger partial charge in [-0.2, -0.15) is 23.1 Å². The molecule has 2 aromatic heterocycles. The molecule has 3 aromatic rings. The molecule has 0 radical (unpaired) electrons. The van der Waals surface area contributed by atoms with Crippen molar-refractivity contribution >= 4 is 40.0 Å². The average molecular weight is 654 g/mol. The van der Waals surface area contributed by atoms with E-state index in [4.69, 9.17) is 22.1 Å². The van der Waals surface area contributed by atoms with E-state index in [1.165, 1.54) is 17.9 Å². The van der Waals surface area contributed by atoms with Gasteiger partial charge >= 0.3 is 12.2 Å². The van der Waals surface area contributed by atoms with Crippen LogP contribution in [0.25, 0.3) is 22.2 Å². The molecule has 2 saturated heterocycles. The number of nitrogens with two attached hydrogens (primary N) is 1. The second-order valence-electron chi connectivity index (χ2n) is 11.8. The number of nitrogen functional groups attached to an aromatic ring is 1. The standard InChI is InChI=1S/C30H33ClF5N7O2/c1-14-8-18(41(5)11-14)13-45-29-39-25-19(27(40-29)43-7-6-42(12-16(43)3)28(44)17(4)32)10-20(31)22(24(25)33)26-23(30(34,35)36)15(2)9-21(37)38-26/h9-10,14,16,18H,4,6-8,11-13H2,1-3,5H3,(H2,37,38)/t14-,16+,18+/m1/s1. The highest BCUT2D eigenvalue weighted by molar-refractivity contribution is 6.34. The Labute approximate surface area is 261 Å². The molecule has 0 spiro atoms. The number of likely N-dealkylation sites (tertiary alicyclic amines) is 1. The first-order chi connectivity index (χ1) is 21.1. The van der Waals surface area contributed by atoms with Gasteiger partial charge in [0.15, 0.2) is 11.6 Å². The summed E-state index contributed by atoms with van der Waals surface area (Å²) >= 11 is 6.53. The molecule has 1 amide bonds. The maximum absolute atomic E-state index is 16.6. The van der Waals surface area contributed by atoms with Gasteiger partial charge in [-0.25, -0.2) is 13.8 Å². The van der Waals surface area contributed by atoms with Gasteiger partial charge in [-0.05, 0) is 50.9 Å². The Hall–Kier alpha value is -3.78. The van der Waals surface area contributed by atoms with E-state index in [1.807, 2.05) is 7.05 Å². The van der Waals surface area contributed by atoms with Crippen LogP contribution in [0.5, 0.6) is 6.01 Å². The minimum absolute atomic E-state index is 0.0458. The Morgan fingerprint density at radius 1 is 1.18 bits per heavy atom. The van der Waals surface area contributed by atoms with E-state index in [0.29, 0.717) is 5.92 Å². The number of pyridine rings is 1. The van der Waals surface area contributed by atoms with E-state index in [0.717, 1.165) is 19.0 Å². The van der Waals surface area contributed by atoms with Crippen LogP contribution in [0.3, 0.4) is 0 Å². The second kappa shape index (κ2) is 12.2. The lowest BCUT2D eigenvalue weighted by Gasteiger charge is -2.40. The number of halogens is 6. The van der Waals surface area contributed by atoms with Gasteiger partial charge in [0, 0.05) is 43.6 Å². The smallest absolute Gasteiger partial charge is 0.418 e. The lowest BCUT2D eigenvalue weighted by molar-refractivity contribution is -0.137. The molecule has 2 aliphatic rings. The van der Waals surface area contributed by atoms with Crippen molar-refractivity contribution in [3.05, 3.63) is 46.5 Å². The number of rotatable bonds is 6. The quantitative estimate of drug-likeness (QED) is 0.270. The normalized spacial score (nSPS) is 21.1. The minimum Gasteiger partial charge on any atom is -0.462 e. The zero-order chi connectivity index (χ0) is 33.0. The van der Waals surface area contributed by atoms with Gasteiger partial charge in [-0.15, -0.1) is 0 Å². The van der Waals surface area contributed by atoms with Crippen LogP contribution in [0.1, 0.15) is 31.4 Å². The van der Waals surface area contributed by atoms with Crippen molar-refractivity contribution in [2.24, 2.45) is 5.92 Å². The topological polar surface area (TPSA) is 101 Å². The molecule has 0 bridgehead atoms. The van der Waals surface area contributed by atoms with Crippen molar-refractivity contribution in [1.29, 1.82) is 0 Å². The van der Waals surface area contributed by atoms with Crippen LogP contribution in [-0.4, -0.2) is 82.6 Å². The van der Waals surface area contributed by atoms with Gasteiger partial charge in [0.1, 0.15) is 23.8 Å². The molecule has 0 aliphatic carbocycles. The number of carbonyl (C=O) groups is 1. The summed E-state index contributed by atoms with van der Waals surface area (Å²) in [6.45, 7) is 9.61. The Bertz CT molecular complexity index is 1670. The van der Waals surface area contributed by atoms with Gasteiger partial charge in [0.2, 0.25) is 0 Å². The van der Waals surface area contributed by atoms with E-state index in [1.54, 1.807) is 11.8 Å². The number of piperazine rings is 1. The Morgan fingerprint density at radius 2 is 1.89 bits per heavy atom. The fourth-order valence-electron chi connectivity index (χ4n) is 6.25. The number of fused-ring (bicyclic) bond motifs is 1. The molecule has 242 valence electrons. The summed E-state index contributed by atoms with van der Waals surface area (Å²) in [7, 11) is 1.96. The molecular weight excluding hydrogens is 621 g/mol. The van der Waals surface area contributed by atoms with Crippen molar-refractivity contribution in [3.8, 4) is 17.3 Å². The zero-order valence-corrected chi connectivity index (χ0v) is 25.9. The lowest BCUT2D eigenvalue weighted by atomic mass is 9.99. The molecule has 2 fully saturated rings. The summed E-state index contributed by atoms with van der Waals surface area (Å²) in [5, 5.41) is -0.255. The van der Waals surface area contributed by atoms with Gasteiger partial charge in [0.05, 0.1) is 21.8 Å². The lowest BCUT2D eigenvalue weighted by Crippen LogP contribution is -2.54. The number of aromatic nitrogens is 3. The summed E-state index contributed by atoms with van der Waals surface area (Å²) < 4.78 is 78.8. The van der Waals surface area contributed by atoms with E-state index < -0.39 is 46.6 Å². The molecule has 4 heterocycles. The zero-order valence-electron chi connectivity index (χ0n) is 25.2. The second-order valence-corrected chi connectivity index (χ2v) is 12.2. The molecule has 5 rings (SSSR count). The molecule has 1 aromatic carbocycles. The van der Waals surface area contributed by atoms with E-state index in [9.17, 15) is 22.4 Å². The maximum Gasteiger partial charge on any atom is 0.418 e. The van der Waals surface area contributed by atoms with Crippen LogP contribution in [0.15, 0.2) is 24.5 Å². The third-order valence-electron chi connectivity index (χ3n) is 8.32. The largest absolute Gasteiger partial charge is 0.462 e. The summed E-state index contributed by atoms with van der Waals surface area (Å²) in [5.41, 5.74) is 2.66. The molecule has 45 heavy (non-hydrogen) atoms. The Kier molecular flexibility index (Phi) is 8.84. The fourth-order valence-corrected chi connectivity index (χ4v) is 6.53. The van der Waals surface area contributed by atoms with Crippen LogP contribution < -0.4 is 15.4 Å². The first kappa shape index (κ1) is 32.6. The number of anilines is 2. The third-order valence-corrected chi connectivity index (χ3v) is 8.62. The number of likely N-dealkylation sites (N-methyl/N-ethyl adjacent to an activating group) is 1. The SMILES string of the molecule is C=C(F)C(=O)N1CCN(c2nc(OC[C@@H]3C[C@@H](C)CN3C)nc3c(F)c(-c4nc(N)cc(C)c4C(F)(F)F)c(Cl)cc23)[C@@H](C)C1. The number of aryl methyl sites for hydroxylation is 1. The molecule has 0 unspecified atom stereocenters. The summed E-state index contributed by atoms with van der Waals surface area (Å²) in [6, 6.07) is 1.76. The number of hydrogen-bond acceptors (Lipinski definition) is 8. The van der Waals surface area contributed by atoms with Crippen LogP contribution in [0, 0.1) is 18.7 Å². The number of benzene rings is 1. The van der Waals surface area contributed by atoms with E-state index in [2.05, 4.69) is 33.4 Å². The molecule has 2 N–H and O–H groups in total. The van der Waals surface area contributed by atoms with Gasteiger partial charge in [-0.1, -0.05) is 25.1 Å². The van der Waals surface area contributed by atoms with Crippen molar-refractivity contribution < 1.29 is 31.5 Å². The van der Waals surface area contributed by atoms with E-state index in [-0.39, 0.29) is 71.4 Å².